The molecule has 16 heavy (non-hydrogen) atoms. The molecule has 0 spiro atoms. The maximum Gasteiger partial charge on any atom is 0.200 e. The number of methoxy groups -OCH3 is 2. The number of benzene rings is 1. The summed E-state index contributed by atoms with van der Waals surface area (Å²) in [5.74, 6) is 0.892. The molecule has 0 aromatic heterocycles. The highest BCUT2D eigenvalue weighted by atomic mass is 16.5. The summed E-state index contributed by atoms with van der Waals surface area (Å²) in [4.78, 5) is 0. The summed E-state index contributed by atoms with van der Waals surface area (Å²) in [5, 5.41) is 9.71. The number of rotatable bonds is 5. The Hall–Kier alpha value is -1.64. The lowest BCUT2D eigenvalue weighted by atomic mass is 10.1. The maximum absolute atomic E-state index is 9.71. The first-order valence-corrected chi connectivity index (χ1v) is 5.34. The molecule has 0 radical (unpaired) electrons. The van der Waals surface area contributed by atoms with Crippen LogP contribution in [0.4, 0.5) is 0 Å². The lowest BCUT2D eigenvalue weighted by Gasteiger charge is -2.09. The first-order chi connectivity index (χ1) is 7.72. The van der Waals surface area contributed by atoms with Crippen molar-refractivity contribution in [1.82, 2.24) is 0 Å². The van der Waals surface area contributed by atoms with Crippen molar-refractivity contribution in [3.8, 4) is 17.2 Å². The van der Waals surface area contributed by atoms with Crippen LogP contribution in [0.1, 0.15) is 25.3 Å². The van der Waals surface area contributed by atoms with Gasteiger partial charge in [0.2, 0.25) is 5.75 Å². The molecule has 0 bridgehead atoms. The van der Waals surface area contributed by atoms with E-state index < -0.39 is 0 Å². The topological polar surface area (TPSA) is 38.7 Å². The molecule has 1 rings (SSSR count). The van der Waals surface area contributed by atoms with E-state index in [1.54, 1.807) is 12.1 Å². The minimum absolute atomic E-state index is 0.0395. The predicted molar refractivity (Wildman–Crippen MR) is 65.2 cm³/mol. The van der Waals surface area contributed by atoms with E-state index in [2.05, 4.69) is 13.0 Å². The van der Waals surface area contributed by atoms with Crippen molar-refractivity contribution in [2.24, 2.45) is 0 Å². The first kappa shape index (κ1) is 12.4. The molecule has 1 N–H and O–H groups in total. The molecule has 3 heteroatoms. The van der Waals surface area contributed by atoms with Crippen LogP contribution in [0.25, 0.3) is 6.08 Å². The van der Waals surface area contributed by atoms with Crippen molar-refractivity contribution in [2.45, 2.75) is 19.8 Å². The molecule has 0 aliphatic carbocycles. The summed E-state index contributed by atoms with van der Waals surface area (Å²) in [6.07, 6.45) is 6.23. The largest absolute Gasteiger partial charge is 0.502 e. The maximum atomic E-state index is 9.71. The second-order valence-electron chi connectivity index (χ2n) is 3.47. The Morgan fingerprint density at radius 1 is 1.19 bits per heavy atom. The fraction of sp³-hybridized carbons (Fsp3) is 0.385. The summed E-state index contributed by atoms with van der Waals surface area (Å²) >= 11 is 0. The van der Waals surface area contributed by atoms with Crippen molar-refractivity contribution in [2.75, 3.05) is 14.2 Å². The standard InChI is InChI=1S/C13H18O3/c1-4-5-6-7-10-8-11(15-2)13(14)12(9-10)16-3/h6-9,14H,4-5H2,1-3H3/b7-6+. The molecule has 0 amide bonds. The Balaban J connectivity index is 3.02. The summed E-state index contributed by atoms with van der Waals surface area (Å²) < 4.78 is 10.1. The number of unbranched alkanes of at least 4 members (excludes halogenated alkanes) is 1. The third kappa shape index (κ3) is 2.92. The Labute approximate surface area is 96.3 Å². The van der Waals surface area contributed by atoms with Crippen LogP contribution in [0.15, 0.2) is 18.2 Å². The third-order valence-corrected chi connectivity index (χ3v) is 2.27. The average Bonchev–Trinajstić information content (AvgIpc) is 2.31. The Bertz CT molecular complexity index is 344. The molecule has 1 aromatic rings. The van der Waals surface area contributed by atoms with Gasteiger partial charge in [0.05, 0.1) is 14.2 Å². The van der Waals surface area contributed by atoms with Gasteiger partial charge >= 0.3 is 0 Å². The predicted octanol–water partition coefficient (Wildman–Crippen LogP) is 3.22. The lowest BCUT2D eigenvalue weighted by Crippen LogP contribution is -1.90. The number of hydrogen-bond donors (Lipinski definition) is 1. The molecule has 1 aromatic carbocycles. The van der Waals surface area contributed by atoms with Crippen LogP contribution in [0.2, 0.25) is 0 Å². The van der Waals surface area contributed by atoms with E-state index in [1.807, 2.05) is 6.08 Å². The molecule has 0 fully saturated rings. The number of phenols is 1. The minimum atomic E-state index is 0.0395. The van der Waals surface area contributed by atoms with Gasteiger partial charge in [-0.15, -0.1) is 0 Å². The van der Waals surface area contributed by atoms with Crippen LogP contribution >= 0.6 is 0 Å². The van der Waals surface area contributed by atoms with E-state index >= 15 is 0 Å². The van der Waals surface area contributed by atoms with Gasteiger partial charge in [-0.25, -0.2) is 0 Å². The van der Waals surface area contributed by atoms with Crippen LogP contribution in [0, 0.1) is 0 Å². The summed E-state index contributed by atoms with van der Waals surface area (Å²) in [6, 6.07) is 3.56. The fourth-order valence-corrected chi connectivity index (χ4v) is 1.40. The summed E-state index contributed by atoms with van der Waals surface area (Å²) in [6.45, 7) is 2.13. The number of aromatic hydroxyl groups is 1. The van der Waals surface area contributed by atoms with Gasteiger partial charge in [-0.2, -0.15) is 0 Å². The SMILES string of the molecule is CCC/C=C/c1cc(OC)c(O)c(OC)c1. The Kier molecular flexibility index (Phi) is 4.70. The van der Waals surface area contributed by atoms with Crippen molar-refractivity contribution < 1.29 is 14.6 Å². The molecule has 0 saturated carbocycles. The smallest absolute Gasteiger partial charge is 0.200 e. The van der Waals surface area contributed by atoms with Gasteiger partial charge < -0.3 is 14.6 Å². The number of phenolic OH excluding ortho intramolecular Hbond substituents is 1. The zero-order chi connectivity index (χ0) is 12.0. The molecule has 88 valence electrons. The Morgan fingerprint density at radius 2 is 1.75 bits per heavy atom. The van der Waals surface area contributed by atoms with Crippen LogP contribution in [-0.4, -0.2) is 19.3 Å². The lowest BCUT2D eigenvalue weighted by molar-refractivity contribution is 0.340. The van der Waals surface area contributed by atoms with Crippen LogP contribution in [0.5, 0.6) is 17.2 Å². The van der Waals surface area contributed by atoms with Crippen molar-refractivity contribution in [3.63, 3.8) is 0 Å². The van der Waals surface area contributed by atoms with E-state index in [-0.39, 0.29) is 5.75 Å². The van der Waals surface area contributed by atoms with Gasteiger partial charge in [0.25, 0.3) is 0 Å². The molecular weight excluding hydrogens is 204 g/mol. The van der Waals surface area contributed by atoms with Gasteiger partial charge in [-0.3, -0.25) is 0 Å². The highest BCUT2D eigenvalue weighted by Crippen LogP contribution is 2.37. The van der Waals surface area contributed by atoms with Crippen molar-refractivity contribution >= 4 is 6.08 Å². The van der Waals surface area contributed by atoms with Crippen molar-refractivity contribution in [3.05, 3.63) is 23.8 Å². The normalized spacial score (nSPS) is 10.7. The first-order valence-electron chi connectivity index (χ1n) is 5.34. The van der Waals surface area contributed by atoms with Crippen LogP contribution in [0.3, 0.4) is 0 Å². The number of allylic oxidation sites excluding steroid dienone is 1. The van der Waals surface area contributed by atoms with Crippen LogP contribution < -0.4 is 9.47 Å². The highest BCUT2D eigenvalue weighted by Gasteiger charge is 2.09. The molecule has 0 unspecified atom stereocenters. The zero-order valence-electron chi connectivity index (χ0n) is 9.99. The number of ether oxygens (including phenoxy) is 2. The second-order valence-corrected chi connectivity index (χ2v) is 3.47. The zero-order valence-corrected chi connectivity index (χ0v) is 9.99. The third-order valence-electron chi connectivity index (χ3n) is 2.27. The second kappa shape index (κ2) is 6.05. The van der Waals surface area contributed by atoms with E-state index in [9.17, 15) is 5.11 Å². The molecule has 0 saturated heterocycles. The average molecular weight is 222 g/mol. The molecular formula is C13H18O3. The van der Waals surface area contributed by atoms with Gasteiger partial charge in [0, 0.05) is 0 Å². The quantitative estimate of drug-likeness (QED) is 0.831. The monoisotopic (exact) mass is 222 g/mol. The number of hydrogen-bond acceptors (Lipinski definition) is 3. The van der Waals surface area contributed by atoms with E-state index in [0.29, 0.717) is 11.5 Å². The van der Waals surface area contributed by atoms with Gasteiger partial charge in [-0.1, -0.05) is 25.5 Å². The summed E-state index contributed by atoms with van der Waals surface area (Å²) in [7, 11) is 3.04. The highest BCUT2D eigenvalue weighted by molar-refractivity contribution is 5.61. The van der Waals surface area contributed by atoms with Crippen molar-refractivity contribution in [1.29, 1.82) is 0 Å². The summed E-state index contributed by atoms with van der Waals surface area (Å²) in [5.41, 5.74) is 0.958. The van der Waals surface area contributed by atoms with Gasteiger partial charge in [-0.05, 0) is 24.1 Å². The Morgan fingerprint density at radius 3 is 2.19 bits per heavy atom. The molecule has 0 aliphatic rings. The van der Waals surface area contributed by atoms with E-state index in [4.69, 9.17) is 9.47 Å². The van der Waals surface area contributed by atoms with Crippen LogP contribution in [-0.2, 0) is 0 Å². The van der Waals surface area contributed by atoms with E-state index in [1.165, 1.54) is 14.2 Å². The fourth-order valence-electron chi connectivity index (χ4n) is 1.40. The molecule has 0 heterocycles. The molecule has 0 atom stereocenters. The minimum Gasteiger partial charge on any atom is -0.502 e. The van der Waals surface area contributed by atoms with E-state index in [0.717, 1.165) is 18.4 Å². The van der Waals surface area contributed by atoms with Gasteiger partial charge in [0.1, 0.15) is 0 Å². The van der Waals surface area contributed by atoms with Gasteiger partial charge in [0.15, 0.2) is 11.5 Å². The molecule has 3 nitrogen and oxygen atoms in total. The molecule has 0 aliphatic heterocycles.